The summed E-state index contributed by atoms with van der Waals surface area (Å²) in [6, 6.07) is 6.55. The van der Waals surface area contributed by atoms with Crippen LogP contribution in [0.15, 0.2) is 36.7 Å². The lowest BCUT2D eigenvalue weighted by Crippen LogP contribution is -2.29. The standard InChI is InChI=1S/C14H14FN3O2/c15-11-8-17-4-3-10(11)14(18-16)9-1-2-12-13(7-9)20-6-5-19-12/h1-4,7-8,14,18H,5-6,16H2. The predicted octanol–water partition coefficient (Wildman–Crippen LogP) is 1.54. The molecule has 5 nitrogen and oxygen atoms in total. The molecule has 1 aromatic heterocycles. The van der Waals surface area contributed by atoms with Gasteiger partial charge in [-0.05, 0) is 23.8 Å². The average molecular weight is 275 g/mol. The summed E-state index contributed by atoms with van der Waals surface area (Å²) < 4.78 is 24.8. The number of halogens is 1. The Morgan fingerprint density at radius 2 is 2.00 bits per heavy atom. The number of hydrogen-bond acceptors (Lipinski definition) is 5. The lowest BCUT2D eigenvalue weighted by atomic mass is 9.99. The molecule has 0 bridgehead atoms. The summed E-state index contributed by atoms with van der Waals surface area (Å²) in [6.45, 7) is 1.03. The van der Waals surface area contributed by atoms with Crippen molar-refractivity contribution in [1.82, 2.24) is 10.4 Å². The van der Waals surface area contributed by atoms with Gasteiger partial charge in [0.2, 0.25) is 0 Å². The molecule has 2 heterocycles. The van der Waals surface area contributed by atoms with E-state index in [9.17, 15) is 4.39 Å². The largest absolute Gasteiger partial charge is 0.486 e. The molecule has 0 saturated carbocycles. The van der Waals surface area contributed by atoms with Crippen molar-refractivity contribution < 1.29 is 13.9 Å². The summed E-state index contributed by atoms with van der Waals surface area (Å²) in [5.41, 5.74) is 3.84. The van der Waals surface area contributed by atoms with Gasteiger partial charge in [0.05, 0.1) is 12.2 Å². The lowest BCUT2D eigenvalue weighted by molar-refractivity contribution is 0.171. The number of benzene rings is 1. The number of aromatic nitrogens is 1. The van der Waals surface area contributed by atoms with E-state index in [0.29, 0.717) is 30.3 Å². The minimum atomic E-state index is -0.478. The summed E-state index contributed by atoms with van der Waals surface area (Å²) in [5, 5.41) is 0. The van der Waals surface area contributed by atoms with Gasteiger partial charge in [-0.1, -0.05) is 6.07 Å². The zero-order chi connectivity index (χ0) is 13.9. The molecule has 1 aliphatic heterocycles. The third kappa shape index (κ3) is 2.31. The van der Waals surface area contributed by atoms with Crippen LogP contribution in [0, 0.1) is 5.82 Å². The summed E-state index contributed by atoms with van der Waals surface area (Å²) in [5.74, 6) is 6.49. The van der Waals surface area contributed by atoms with E-state index < -0.39 is 11.9 Å². The van der Waals surface area contributed by atoms with Crippen LogP contribution < -0.4 is 20.7 Å². The van der Waals surface area contributed by atoms with Crippen molar-refractivity contribution in [1.29, 1.82) is 0 Å². The van der Waals surface area contributed by atoms with Gasteiger partial charge in [0.25, 0.3) is 0 Å². The number of nitrogens with zero attached hydrogens (tertiary/aromatic N) is 1. The molecule has 104 valence electrons. The van der Waals surface area contributed by atoms with E-state index in [1.807, 2.05) is 6.07 Å². The van der Waals surface area contributed by atoms with Gasteiger partial charge < -0.3 is 9.47 Å². The van der Waals surface area contributed by atoms with Gasteiger partial charge in [0.15, 0.2) is 11.5 Å². The van der Waals surface area contributed by atoms with Crippen molar-refractivity contribution in [2.75, 3.05) is 13.2 Å². The van der Waals surface area contributed by atoms with E-state index in [0.717, 1.165) is 11.8 Å². The SMILES string of the molecule is NNC(c1ccc2c(c1)OCCO2)c1ccncc1F. The highest BCUT2D eigenvalue weighted by Crippen LogP contribution is 2.34. The second kappa shape index (κ2) is 5.44. The zero-order valence-corrected chi connectivity index (χ0v) is 10.7. The lowest BCUT2D eigenvalue weighted by Gasteiger charge is -2.22. The number of hydrazine groups is 1. The first-order valence-electron chi connectivity index (χ1n) is 6.24. The van der Waals surface area contributed by atoms with Gasteiger partial charge in [-0.3, -0.25) is 10.8 Å². The first-order valence-corrected chi connectivity index (χ1v) is 6.24. The van der Waals surface area contributed by atoms with Crippen molar-refractivity contribution in [2.45, 2.75) is 6.04 Å². The van der Waals surface area contributed by atoms with E-state index in [2.05, 4.69) is 10.4 Å². The molecule has 0 aliphatic carbocycles. The summed E-state index contributed by atoms with van der Waals surface area (Å²) in [7, 11) is 0. The number of rotatable bonds is 3. The maximum Gasteiger partial charge on any atom is 0.161 e. The fourth-order valence-electron chi connectivity index (χ4n) is 2.23. The Morgan fingerprint density at radius 3 is 2.75 bits per heavy atom. The fourth-order valence-corrected chi connectivity index (χ4v) is 2.23. The molecule has 0 fully saturated rings. The topological polar surface area (TPSA) is 69.4 Å². The van der Waals surface area contributed by atoms with Gasteiger partial charge in [-0.15, -0.1) is 0 Å². The molecule has 20 heavy (non-hydrogen) atoms. The number of nitrogens with one attached hydrogen (secondary N) is 1. The van der Waals surface area contributed by atoms with Crippen molar-refractivity contribution in [3.8, 4) is 11.5 Å². The molecule has 0 amide bonds. The van der Waals surface area contributed by atoms with E-state index >= 15 is 0 Å². The van der Waals surface area contributed by atoms with Crippen LogP contribution in [0.25, 0.3) is 0 Å². The highest BCUT2D eigenvalue weighted by Gasteiger charge is 2.19. The van der Waals surface area contributed by atoms with Gasteiger partial charge in [-0.25, -0.2) is 9.82 Å². The number of ether oxygens (including phenoxy) is 2. The first kappa shape index (κ1) is 12.8. The van der Waals surface area contributed by atoms with Crippen LogP contribution >= 0.6 is 0 Å². The Kier molecular flexibility index (Phi) is 3.49. The number of pyridine rings is 1. The Balaban J connectivity index is 1.99. The second-order valence-electron chi connectivity index (χ2n) is 4.40. The van der Waals surface area contributed by atoms with Gasteiger partial charge in [0.1, 0.15) is 19.0 Å². The maximum atomic E-state index is 13.8. The molecule has 1 aromatic carbocycles. The third-order valence-electron chi connectivity index (χ3n) is 3.18. The van der Waals surface area contributed by atoms with Crippen molar-refractivity contribution in [3.63, 3.8) is 0 Å². The van der Waals surface area contributed by atoms with E-state index in [4.69, 9.17) is 15.3 Å². The number of hydrogen-bond donors (Lipinski definition) is 2. The molecule has 0 saturated heterocycles. The molecule has 0 spiro atoms. The molecule has 3 rings (SSSR count). The molecule has 1 atom stereocenters. The van der Waals surface area contributed by atoms with Gasteiger partial charge >= 0.3 is 0 Å². The third-order valence-corrected chi connectivity index (χ3v) is 3.18. The van der Waals surface area contributed by atoms with Crippen LogP contribution in [0.3, 0.4) is 0 Å². The van der Waals surface area contributed by atoms with Gasteiger partial charge in [-0.2, -0.15) is 0 Å². The van der Waals surface area contributed by atoms with Crippen LogP contribution in [0.2, 0.25) is 0 Å². The monoisotopic (exact) mass is 275 g/mol. The molecule has 1 unspecified atom stereocenters. The molecular weight excluding hydrogens is 261 g/mol. The van der Waals surface area contributed by atoms with E-state index in [-0.39, 0.29) is 0 Å². The molecule has 6 heteroatoms. The van der Waals surface area contributed by atoms with Crippen LogP contribution in [0.5, 0.6) is 11.5 Å². The average Bonchev–Trinajstić information content (AvgIpc) is 2.50. The van der Waals surface area contributed by atoms with Crippen molar-refractivity contribution in [3.05, 3.63) is 53.6 Å². The summed E-state index contributed by atoms with van der Waals surface area (Å²) >= 11 is 0. The van der Waals surface area contributed by atoms with Crippen molar-refractivity contribution in [2.24, 2.45) is 5.84 Å². The van der Waals surface area contributed by atoms with E-state index in [1.54, 1.807) is 18.2 Å². The van der Waals surface area contributed by atoms with Crippen LogP contribution in [0.4, 0.5) is 4.39 Å². The molecular formula is C14H14FN3O2. The van der Waals surface area contributed by atoms with Crippen LogP contribution in [-0.4, -0.2) is 18.2 Å². The predicted molar refractivity (Wildman–Crippen MR) is 70.8 cm³/mol. The summed E-state index contributed by atoms with van der Waals surface area (Å²) in [6.07, 6.45) is 2.69. The molecule has 2 aromatic rings. The normalized spacial score (nSPS) is 14.9. The van der Waals surface area contributed by atoms with Gasteiger partial charge in [0, 0.05) is 11.8 Å². The van der Waals surface area contributed by atoms with E-state index in [1.165, 1.54) is 6.20 Å². The zero-order valence-electron chi connectivity index (χ0n) is 10.7. The Hall–Kier alpha value is -2.18. The Morgan fingerprint density at radius 1 is 1.20 bits per heavy atom. The van der Waals surface area contributed by atoms with Crippen LogP contribution in [-0.2, 0) is 0 Å². The summed E-state index contributed by atoms with van der Waals surface area (Å²) in [4.78, 5) is 3.74. The molecule has 1 aliphatic rings. The number of nitrogens with two attached hydrogens (primary N) is 1. The highest BCUT2D eigenvalue weighted by atomic mass is 19.1. The first-order chi connectivity index (χ1) is 9.79. The smallest absolute Gasteiger partial charge is 0.161 e. The minimum absolute atomic E-state index is 0.412. The molecule has 0 radical (unpaired) electrons. The van der Waals surface area contributed by atoms with Crippen LogP contribution in [0.1, 0.15) is 17.2 Å². The highest BCUT2D eigenvalue weighted by molar-refractivity contribution is 5.46. The Labute approximate surface area is 115 Å². The molecule has 3 N–H and O–H groups in total. The minimum Gasteiger partial charge on any atom is -0.486 e. The second-order valence-corrected chi connectivity index (χ2v) is 4.40. The maximum absolute atomic E-state index is 13.8. The Bertz CT molecular complexity index is 621. The fraction of sp³-hybridized carbons (Fsp3) is 0.214. The number of fused-ring (bicyclic) bond motifs is 1. The van der Waals surface area contributed by atoms with Crippen molar-refractivity contribution >= 4 is 0 Å². The quantitative estimate of drug-likeness (QED) is 0.657.